The number of thioether (sulfide) groups is 1. The maximum Gasteiger partial charge on any atom is 0.239 e. The molecule has 1 atom stereocenters. The second kappa shape index (κ2) is 2.60. The van der Waals surface area contributed by atoms with E-state index in [1.54, 1.807) is 4.90 Å². The summed E-state index contributed by atoms with van der Waals surface area (Å²) in [4.78, 5) is 12.9. The molecule has 58 valence electrons. The van der Waals surface area contributed by atoms with Gasteiger partial charge in [-0.15, -0.1) is 0 Å². The third-order valence-corrected chi connectivity index (χ3v) is 3.24. The lowest BCUT2D eigenvalue weighted by molar-refractivity contribution is -0.125. The minimum absolute atomic E-state index is 0.161. The van der Waals surface area contributed by atoms with Crippen LogP contribution in [0.4, 0.5) is 0 Å². The highest BCUT2D eigenvalue weighted by Gasteiger charge is 2.33. The zero-order valence-electron chi connectivity index (χ0n) is 5.82. The first-order valence-corrected chi connectivity index (χ1v) is 4.84. The van der Waals surface area contributed by atoms with Crippen LogP contribution in [0.15, 0.2) is 12.2 Å². The molecule has 1 aliphatic carbocycles. The fourth-order valence-corrected chi connectivity index (χ4v) is 2.31. The number of nitrogens with zero attached hydrogens (tertiary/aromatic N) is 1. The van der Waals surface area contributed by atoms with E-state index in [0.29, 0.717) is 5.75 Å². The van der Waals surface area contributed by atoms with Gasteiger partial charge in [-0.05, 0) is 6.42 Å². The van der Waals surface area contributed by atoms with E-state index in [-0.39, 0.29) is 11.9 Å². The molecule has 2 rings (SSSR count). The smallest absolute Gasteiger partial charge is 0.239 e. The predicted molar refractivity (Wildman–Crippen MR) is 49.4 cm³/mol. The van der Waals surface area contributed by atoms with E-state index in [0.717, 1.165) is 10.7 Å². The third kappa shape index (κ3) is 1.10. The first-order valence-electron chi connectivity index (χ1n) is 3.44. The Balaban J connectivity index is 2.16. The number of carbonyl (C=O) groups excluding carboxylic acids is 1. The monoisotopic (exact) mass is 185 g/mol. The fraction of sp³-hybridized carbons (Fsp3) is 0.429. The van der Waals surface area contributed by atoms with E-state index in [9.17, 15) is 4.79 Å². The summed E-state index contributed by atoms with van der Waals surface area (Å²) in [5.74, 6) is 0.692. The van der Waals surface area contributed by atoms with Crippen molar-refractivity contribution < 1.29 is 4.79 Å². The molecule has 11 heavy (non-hydrogen) atoms. The molecule has 1 saturated heterocycles. The standard InChI is InChI=1S/C7H7NOS2/c9-6-4-11-7(10)8(6)5-2-1-3-5/h1-2,5H,3-4H2. The van der Waals surface area contributed by atoms with Gasteiger partial charge in [-0.1, -0.05) is 36.1 Å². The number of thiocarbonyl (C=S) groups is 1. The van der Waals surface area contributed by atoms with Crippen molar-refractivity contribution in [2.75, 3.05) is 5.75 Å². The third-order valence-electron chi connectivity index (χ3n) is 1.85. The maximum atomic E-state index is 11.2. The molecular weight excluding hydrogens is 178 g/mol. The Morgan fingerprint density at radius 2 is 2.45 bits per heavy atom. The van der Waals surface area contributed by atoms with Crippen LogP contribution in [0.25, 0.3) is 0 Å². The highest BCUT2D eigenvalue weighted by molar-refractivity contribution is 8.23. The van der Waals surface area contributed by atoms with Gasteiger partial charge < -0.3 is 0 Å². The first-order chi connectivity index (χ1) is 5.29. The highest BCUT2D eigenvalue weighted by Crippen LogP contribution is 2.27. The van der Waals surface area contributed by atoms with Gasteiger partial charge in [0.1, 0.15) is 4.32 Å². The molecule has 1 heterocycles. The van der Waals surface area contributed by atoms with Crippen molar-refractivity contribution in [1.82, 2.24) is 4.90 Å². The Hall–Kier alpha value is -0.350. The molecule has 1 fully saturated rings. The summed E-state index contributed by atoms with van der Waals surface area (Å²) in [6.45, 7) is 0. The molecule has 0 spiro atoms. The number of hydrogen-bond acceptors (Lipinski definition) is 3. The van der Waals surface area contributed by atoms with Crippen LogP contribution in [0.2, 0.25) is 0 Å². The Morgan fingerprint density at radius 3 is 2.82 bits per heavy atom. The molecule has 4 heteroatoms. The molecule has 0 aromatic carbocycles. The summed E-state index contributed by atoms with van der Waals surface area (Å²) >= 11 is 6.49. The normalized spacial score (nSPS) is 29.5. The largest absolute Gasteiger partial charge is 0.290 e. The van der Waals surface area contributed by atoms with Crippen molar-refractivity contribution in [3.63, 3.8) is 0 Å². The average molecular weight is 185 g/mol. The molecule has 0 bridgehead atoms. The molecular formula is C7H7NOS2. The van der Waals surface area contributed by atoms with Gasteiger partial charge >= 0.3 is 0 Å². The van der Waals surface area contributed by atoms with Gasteiger partial charge in [-0.3, -0.25) is 9.69 Å². The molecule has 0 radical (unpaired) electrons. The van der Waals surface area contributed by atoms with E-state index < -0.39 is 0 Å². The van der Waals surface area contributed by atoms with Crippen LogP contribution in [-0.4, -0.2) is 26.9 Å². The molecule has 1 unspecified atom stereocenters. The summed E-state index contributed by atoms with van der Waals surface area (Å²) < 4.78 is 0.740. The zero-order chi connectivity index (χ0) is 7.84. The molecule has 1 amide bonds. The number of amides is 1. The topological polar surface area (TPSA) is 20.3 Å². The van der Waals surface area contributed by atoms with Gasteiger partial charge in [0.25, 0.3) is 0 Å². The Labute approximate surface area is 74.6 Å². The van der Waals surface area contributed by atoms with Gasteiger partial charge in [0.05, 0.1) is 11.8 Å². The van der Waals surface area contributed by atoms with Gasteiger partial charge in [-0.25, -0.2) is 0 Å². The van der Waals surface area contributed by atoms with Gasteiger partial charge in [0.2, 0.25) is 5.91 Å². The van der Waals surface area contributed by atoms with E-state index in [1.165, 1.54) is 11.8 Å². The van der Waals surface area contributed by atoms with E-state index in [2.05, 4.69) is 6.08 Å². The first kappa shape index (κ1) is 7.31. The van der Waals surface area contributed by atoms with Crippen LogP contribution < -0.4 is 0 Å². The van der Waals surface area contributed by atoms with Crippen LogP contribution in [-0.2, 0) is 4.79 Å². The lowest BCUT2D eigenvalue weighted by Gasteiger charge is -2.27. The quantitative estimate of drug-likeness (QED) is 0.452. The summed E-state index contributed by atoms with van der Waals surface area (Å²) in [7, 11) is 0. The lowest BCUT2D eigenvalue weighted by atomic mass is 10.0. The Bertz CT molecular complexity index is 233. The molecule has 2 nitrogen and oxygen atoms in total. The number of hydrogen-bond donors (Lipinski definition) is 0. The predicted octanol–water partition coefficient (Wildman–Crippen LogP) is 1.18. The van der Waals surface area contributed by atoms with Crippen molar-refractivity contribution in [3.8, 4) is 0 Å². The van der Waals surface area contributed by atoms with Gasteiger partial charge in [-0.2, -0.15) is 0 Å². The number of rotatable bonds is 1. The van der Waals surface area contributed by atoms with Crippen LogP contribution in [0, 0.1) is 0 Å². The van der Waals surface area contributed by atoms with Crippen molar-refractivity contribution in [3.05, 3.63) is 12.2 Å². The van der Waals surface area contributed by atoms with Crippen LogP contribution in [0.1, 0.15) is 6.42 Å². The molecule has 0 aromatic heterocycles. The summed E-state index contributed by atoms with van der Waals surface area (Å²) in [5.41, 5.74) is 0. The van der Waals surface area contributed by atoms with E-state index in [1.807, 2.05) is 6.08 Å². The summed E-state index contributed by atoms with van der Waals surface area (Å²) in [6, 6.07) is 0.269. The average Bonchev–Trinajstić information content (AvgIpc) is 2.15. The zero-order valence-corrected chi connectivity index (χ0v) is 7.45. The molecule has 0 N–H and O–H groups in total. The second-order valence-electron chi connectivity index (χ2n) is 2.55. The minimum Gasteiger partial charge on any atom is -0.290 e. The van der Waals surface area contributed by atoms with Crippen LogP contribution in [0.3, 0.4) is 0 Å². The van der Waals surface area contributed by atoms with E-state index in [4.69, 9.17) is 12.2 Å². The van der Waals surface area contributed by atoms with Gasteiger partial charge in [0.15, 0.2) is 0 Å². The van der Waals surface area contributed by atoms with Crippen LogP contribution >= 0.6 is 24.0 Å². The molecule has 2 aliphatic rings. The maximum absolute atomic E-state index is 11.2. The molecule has 1 aliphatic heterocycles. The van der Waals surface area contributed by atoms with E-state index >= 15 is 0 Å². The molecule has 0 saturated carbocycles. The van der Waals surface area contributed by atoms with Crippen molar-refractivity contribution in [2.24, 2.45) is 0 Å². The summed E-state index contributed by atoms with van der Waals surface area (Å²) in [6.07, 6.45) is 5.05. The van der Waals surface area contributed by atoms with Crippen molar-refractivity contribution in [2.45, 2.75) is 12.5 Å². The number of carbonyl (C=O) groups is 1. The van der Waals surface area contributed by atoms with Gasteiger partial charge in [0, 0.05) is 0 Å². The second-order valence-corrected chi connectivity index (χ2v) is 4.16. The summed E-state index contributed by atoms with van der Waals surface area (Å²) in [5, 5.41) is 0. The van der Waals surface area contributed by atoms with Crippen LogP contribution in [0.5, 0.6) is 0 Å². The molecule has 0 aromatic rings. The minimum atomic E-state index is 0.161. The van der Waals surface area contributed by atoms with Crippen molar-refractivity contribution >= 4 is 34.2 Å². The fourth-order valence-electron chi connectivity index (χ4n) is 1.13. The Kier molecular flexibility index (Phi) is 1.73. The SMILES string of the molecule is O=C1CSC(=S)N1C1C=CC1. The van der Waals surface area contributed by atoms with Crippen molar-refractivity contribution in [1.29, 1.82) is 0 Å². The Morgan fingerprint density at radius 1 is 1.73 bits per heavy atom. The highest BCUT2D eigenvalue weighted by atomic mass is 32.2. The lowest BCUT2D eigenvalue weighted by Crippen LogP contribution is -2.39.